The van der Waals surface area contributed by atoms with Gasteiger partial charge in [-0.05, 0) is 23.8 Å². The van der Waals surface area contributed by atoms with Crippen LogP contribution in [0, 0.1) is 5.82 Å². The lowest BCUT2D eigenvalue weighted by molar-refractivity contribution is -0.123. The quantitative estimate of drug-likeness (QED) is 0.443. The first-order chi connectivity index (χ1) is 16.0. The van der Waals surface area contributed by atoms with Gasteiger partial charge < -0.3 is 24.3 Å². The molecule has 0 atom stereocenters. The molecule has 0 unspecified atom stereocenters. The van der Waals surface area contributed by atoms with Gasteiger partial charge in [-0.3, -0.25) is 9.59 Å². The second-order valence-electron chi connectivity index (χ2n) is 7.18. The van der Waals surface area contributed by atoms with Crippen molar-refractivity contribution in [2.75, 3.05) is 13.7 Å². The molecular formula is C25H20FNO6. The lowest BCUT2D eigenvalue weighted by Gasteiger charge is -2.10. The molecule has 168 valence electrons. The highest BCUT2D eigenvalue weighted by Gasteiger charge is 2.15. The molecule has 0 spiro atoms. The molecule has 0 aliphatic rings. The highest BCUT2D eigenvalue weighted by atomic mass is 19.1. The van der Waals surface area contributed by atoms with Crippen LogP contribution in [0.1, 0.15) is 5.56 Å². The Labute approximate surface area is 188 Å². The third-order valence-electron chi connectivity index (χ3n) is 5.04. The number of phenolic OH excluding ortho intramolecular Hbond substituents is 1. The molecule has 4 rings (SSSR count). The summed E-state index contributed by atoms with van der Waals surface area (Å²) in [5.41, 5.74) is 0.940. The van der Waals surface area contributed by atoms with Crippen LogP contribution >= 0.6 is 0 Å². The summed E-state index contributed by atoms with van der Waals surface area (Å²) in [6, 6.07) is 15.6. The molecule has 0 aliphatic heterocycles. The molecule has 0 saturated carbocycles. The van der Waals surface area contributed by atoms with E-state index in [1.807, 2.05) is 0 Å². The average molecular weight is 449 g/mol. The first kappa shape index (κ1) is 21.9. The number of hydrogen-bond acceptors (Lipinski definition) is 6. The van der Waals surface area contributed by atoms with E-state index < -0.39 is 17.2 Å². The summed E-state index contributed by atoms with van der Waals surface area (Å²) in [6.07, 6.45) is 1.30. The van der Waals surface area contributed by atoms with Crippen LogP contribution in [0.25, 0.3) is 22.1 Å². The van der Waals surface area contributed by atoms with Crippen LogP contribution in [0.15, 0.2) is 76.1 Å². The van der Waals surface area contributed by atoms with E-state index in [0.717, 1.165) is 0 Å². The van der Waals surface area contributed by atoms with Crippen LogP contribution < -0.4 is 20.2 Å². The summed E-state index contributed by atoms with van der Waals surface area (Å²) in [6.45, 7) is -0.353. The Morgan fingerprint density at radius 3 is 2.58 bits per heavy atom. The summed E-state index contributed by atoms with van der Waals surface area (Å²) in [7, 11) is 1.55. The summed E-state index contributed by atoms with van der Waals surface area (Å²) >= 11 is 0. The molecule has 1 amide bonds. The van der Waals surface area contributed by atoms with E-state index in [4.69, 9.17) is 13.9 Å². The topological polar surface area (TPSA) is 98.0 Å². The number of amides is 1. The fraction of sp³-hybridized carbons (Fsp3) is 0.120. The maximum Gasteiger partial charge on any atom is 0.258 e. The first-order valence-corrected chi connectivity index (χ1v) is 10.0. The number of aromatic hydroxyl groups is 1. The van der Waals surface area contributed by atoms with Crippen molar-refractivity contribution < 1.29 is 28.2 Å². The Hall–Kier alpha value is -4.33. The zero-order valence-corrected chi connectivity index (χ0v) is 17.6. The van der Waals surface area contributed by atoms with Gasteiger partial charge in [-0.15, -0.1) is 0 Å². The molecule has 0 aliphatic carbocycles. The normalized spacial score (nSPS) is 10.7. The van der Waals surface area contributed by atoms with Gasteiger partial charge in [0.25, 0.3) is 5.91 Å². The van der Waals surface area contributed by atoms with Gasteiger partial charge >= 0.3 is 0 Å². The molecule has 0 radical (unpaired) electrons. The van der Waals surface area contributed by atoms with Gasteiger partial charge in [0.15, 0.2) is 6.61 Å². The Balaban J connectivity index is 1.49. The number of phenols is 1. The van der Waals surface area contributed by atoms with Crippen molar-refractivity contribution in [3.63, 3.8) is 0 Å². The fourth-order valence-electron chi connectivity index (χ4n) is 3.30. The maximum atomic E-state index is 13.6. The van der Waals surface area contributed by atoms with Crippen molar-refractivity contribution in [3.05, 3.63) is 88.5 Å². The van der Waals surface area contributed by atoms with Gasteiger partial charge in [-0.1, -0.05) is 30.3 Å². The third kappa shape index (κ3) is 4.79. The number of hydrogen-bond donors (Lipinski definition) is 2. The molecule has 33 heavy (non-hydrogen) atoms. The molecule has 4 aromatic rings. The number of carbonyl (C=O) groups excluding carboxylic acids is 1. The van der Waals surface area contributed by atoms with Crippen LogP contribution in [0.2, 0.25) is 0 Å². The number of carbonyl (C=O) groups is 1. The van der Waals surface area contributed by atoms with Crippen molar-refractivity contribution in [2.45, 2.75) is 6.54 Å². The van der Waals surface area contributed by atoms with Gasteiger partial charge in [0, 0.05) is 24.2 Å². The molecule has 8 heteroatoms. The van der Waals surface area contributed by atoms with E-state index >= 15 is 0 Å². The minimum atomic E-state index is -0.478. The molecule has 1 aromatic heterocycles. The standard InChI is InChI=1S/C25H20FNO6/c1-31-17-8-6-15(7-9-17)19-13-33-22-11-18(10-21(28)24(22)25(19)30)32-14-23(29)27-12-16-4-2-3-5-20(16)26/h2-11,13,28H,12,14H2,1H3,(H,27,29). The van der Waals surface area contributed by atoms with Gasteiger partial charge in [-0.2, -0.15) is 0 Å². The van der Waals surface area contributed by atoms with Crippen molar-refractivity contribution >= 4 is 16.9 Å². The van der Waals surface area contributed by atoms with E-state index in [1.54, 1.807) is 49.6 Å². The molecule has 3 aromatic carbocycles. The summed E-state index contributed by atoms with van der Waals surface area (Å²) in [4.78, 5) is 25.0. The number of nitrogens with one attached hydrogen (secondary N) is 1. The molecule has 7 nitrogen and oxygen atoms in total. The predicted octanol–water partition coefficient (Wildman–Crippen LogP) is 4.01. The zero-order valence-electron chi connectivity index (χ0n) is 17.6. The second kappa shape index (κ2) is 9.44. The molecule has 2 N–H and O–H groups in total. The number of methoxy groups -OCH3 is 1. The zero-order chi connectivity index (χ0) is 23.4. The molecule has 0 saturated heterocycles. The third-order valence-corrected chi connectivity index (χ3v) is 5.04. The highest BCUT2D eigenvalue weighted by molar-refractivity contribution is 5.88. The number of ether oxygens (including phenoxy) is 2. The van der Waals surface area contributed by atoms with E-state index in [2.05, 4.69) is 5.32 Å². The number of benzene rings is 3. The Morgan fingerprint density at radius 2 is 1.85 bits per heavy atom. The number of fused-ring (bicyclic) bond motifs is 1. The van der Waals surface area contributed by atoms with Gasteiger partial charge in [0.2, 0.25) is 5.43 Å². The number of rotatable bonds is 7. The van der Waals surface area contributed by atoms with E-state index in [-0.39, 0.29) is 41.2 Å². The average Bonchev–Trinajstić information content (AvgIpc) is 2.82. The van der Waals surface area contributed by atoms with Crippen molar-refractivity contribution in [1.82, 2.24) is 5.32 Å². The summed E-state index contributed by atoms with van der Waals surface area (Å²) in [5.74, 6) is -0.442. The smallest absolute Gasteiger partial charge is 0.258 e. The monoisotopic (exact) mass is 449 g/mol. The van der Waals surface area contributed by atoms with Crippen LogP contribution in [0.5, 0.6) is 17.2 Å². The van der Waals surface area contributed by atoms with Crippen molar-refractivity contribution in [1.29, 1.82) is 0 Å². The minimum Gasteiger partial charge on any atom is -0.507 e. The van der Waals surface area contributed by atoms with Crippen LogP contribution in [0.4, 0.5) is 4.39 Å². The van der Waals surface area contributed by atoms with E-state index in [1.165, 1.54) is 24.5 Å². The molecule has 0 fully saturated rings. The second-order valence-corrected chi connectivity index (χ2v) is 7.18. The van der Waals surface area contributed by atoms with Crippen molar-refractivity contribution in [3.8, 4) is 28.4 Å². The van der Waals surface area contributed by atoms with Gasteiger partial charge in [0.05, 0.1) is 12.7 Å². The summed E-state index contributed by atoms with van der Waals surface area (Å²) in [5, 5.41) is 13.0. The fourth-order valence-corrected chi connectivity index (χ4v) is 3.30. The van der Waals surface area contributed by atoms with Gasteiger partial charge in [0.1, 0.15) is 40.3 Å². The Kier molecular flexibility index (Phi) is 6.26. The molecular weight excluding hydrogens is 429 g/mol. The lowest BCUT2D eigenvalue weighted by Crippen LogP contribution is -2.28. The van der Waals surface area contributed by atoms with E-state index in [0.29, 0.717) is 16.9 Å². The van der Waals surface area contributed by atoms with Crippen LogP contribution in [-0.2, 0) is 11.3 Å². The summed E-state index contributed by atoms with van der Waals surface area (Å²) < 4.78 is 29.7. The predicted molar refractivity (Wildman–Crippen MR) is 120 cm³/mol. The lowest BCUT2D eigenvalue weighted by atomic mass is 10.0. The van der Waals surface area contributed by atoms with Gasteiger partial charge in [-0.25, -0.2) is 4.39 Å². The first-order valence-electron chi connectivity index (χ1n) is 10.0. The maximum absolute atomic E-state index is 13.6. The SMILES string of the molecule is COc1ccc(-c2coc3cc(OCC(=O)NCc4ccccc4F)cc(O)c3c2=O)cc1. The van der Waals surface area contributed by atoms with Crippen LogP contribution in [0.3, 0.4) is 0 Å². The highest BCUT2D eigenvalue weighted by Crippen LogP contribution is 2.30. The van der Waals surface area contributed by atoms with Crippen molar-refractivity contribution in [2.24, 2.45) is 0 Å². The Morgan fingerprint density at radius 1 is 1.09 bits per heavy atom. The minimum absolute atomic E-state index is 0.000303. The largest absolute Gasteiger partial charge is 0.507 e. The number of halogens is 1. The van der Waals surface area contributed by atoms with Crippen LogP contribution in [-0.4, -0.2) is 24.7 Å². The Bertz CT molecular complexity index is 1360. The van der Waals surface area contributed by atoms with E-state index in [9.17, 15) is 19.1 Å². The molecule has 1 heterocycles. The molecule has 0 bridgehead atoms.